The van der Waals surface area contributed by atoms with Crippen molar-refractivity contribution in [3.8, 4) is 0 Å². The summed E-state index contributed by atoms with van der Waals surface area (Å²) < 4.78 is 2.13. The molecule has 5 rings (SSSR count). The van der Waals surface area contributed by atoms with Gasteiger partial charge in [-0.2, -0.15) is 0 Å². The molecule has 8 heteroatoms. The number of nitrogens with zero attached hydrogens (tertiary/aromatic N) is 4. The Morgan fingerprint density at radius 2 is 2.13 bits per heavy atom. The number of anilines is 1. The molecule has 156 valence electrons. The molecule has 3 atom stereocenters. The van der Waals surface area contributed by atoms with Crippen molar-refractivity contribution in [3.05, 3.63) is 42.0 Å². The van der Waals surface area contributed by atoms with E-state index in [0.717, 1.165) is 56.1 Å². The van der Waals surface area contributed by atoms with Crippen molar-refractivity contribution in [1.82, 2.24) is 24.8 Å². The van der Waals surface area contributed by atoms with Gasteiger partial charge in [0.2, 0.25) is 0 Å². The first-order valence-electron chi connectivity index (χ1n) is 10.5. The third-order valence-corrected chi connectivity index (χ3v) is 7.47. The molecule has 2 aliphatic carbocycles. The molecule has 1 aromatic carbocycles. The maximum Gasteiger partial charge on any atom is 0.188 e. The second-order valence-corrected chi connectivity index (χ2v) is 9.79. The van der Waals surface area contributed by atoms with Gasteiger partial charge in [-0.3, -0.25) is 0 Å². The lowest BCUT2D eigenvalue weighted by Crippen LogP contribution is -2.40. The van der Waals surface area contributed by atoms with Crippen LogP contribution in [0, 0.1) is 18.8 Å². The van der Waals surface area contributed by atoms with Crippen LogP contribution in [0.15, 0.2) is 35.6 Å². The maximum absolute atomic E-state index is 5.58. The molecule has 2 heterocycles. The summed E-state index contributed by atoms with van der Waals surface area (Å²) in [5, 5.41) is 8.40. The highest BCUT2D eigenvalue weighted by atomic mass is 32.2. The van der Waals surface area contributed by atoms with Crippen molar-refractivity contribution >= 4 is 45.8 Å². The van der Waals surface area contributed by atoms with E-state index in [1.54, 1.807) is 18.0 Å². The van der Waals surface area contributed by atoms with E-state index in [1.165, 1.54) is 25.7 Å². The van der Waals surface area contributed by atoms with Gasteiger partial charge >= 0.3 is 0 Å². The number of aryl methyl sites for hydroxylation is 2. The van der Waals surface area contributed by atoms with Crippen molar-refractivity contribution in [3.63, 3.8) is 0 Å². The molecular weight excluding hydrogens is 412 g/mol. The number of thioether (sulfide) groups is 1. The Hall–Kier alpha value is -2.19. The molecule has 2 saturated carbocycles. The maximum atomic E-state index is 5.58. The number of benzene rings is 1. The van der Waals surface area contributed by atoms with Gasteiger partial charge in [0, 0.05) is 30.7 Å². The average molecular weight is 439 g/mol. The second kappa shape index (κ2) is 8.15. The third-order valence-electron chi connectivity index (χ3n) is 6.39. The van der Waals surface area contributed by atoms with E-state index in [0.29, 0.717) is 6.04 Å². The van der Waals surface area contributed by atoms with Crippen LogP contribution in [0.5, 0.6) is 0 Å². The molecule has 0 aliphatic heterocycles. The molecule has 3 aromatic rings. The zero-order chi connectivity index (χ0) is 20.7. The molecule has 0 unspecified atom stereocenters. The molecular formula is C22H26N6S2. The van der Waals surface area contributed by atoms with Crippen LogP contribution in [-0.4, -0.2) is 30.7 Å². The zero-order valence-corrected chi connectivity index (χ0v) is 18.9. The molecule has 6 nitrogen and oxygen atoms in total. The fourth-order valence-electron chi connectivity index (χ4n) is 4.84. The van der Waals surface area contributed by atoms with E-state index < -0.39 is 0 Å². The van der Waals surface area contributed by atoms with E-state index in [4.69, 9.17) is 17.2 Å². The average Bonchev–Trinajstić information content (AvgIpc) is 3.41. The van der Waals surface area contributed by atoms with Crippen LogP contribution in [0.25, 0.3) is 11.0 Å². The Bertz CT molecular complexity index is 1090. The smallest absolute Gasteiger partial charge is 0.188 e. The number of fused-ring (bicyclic) bond motifs is 3. The monoisotopic (exact) mass is 438 g/mol. The van der Waals surface area contributed by atoms with Gasteiger partial charge in [0.05, 0.1) is 16.8 Å². The van der Waals surface area contributed by atoms with E-state index >= 15 is 0 Å². The first-order valence-corrected chi connectivity index (χ1v) is 11.9. The Morgan fingerprint density at radius 1 is 1.23 bits per heavy atom. The predicted octanol–water partition coefficient (Wildman–Crippen LogP) is 4.44. The van der Waals surface area contributed by atoms with E-state index in [9.17, 15) is 0 Å². The number of nitrogens with one attached hydrogen (secondary N) is 2. The van der Waals surface area contributed by atoms with Crippen LogP contribution in [0.4, 0.5) is 5.69 Å². The van der Waals surface area contributed by atoms with E-state index in [-0.39, 0.29) is 0 Å². The largest absolute Gasteiger partial charge is 0.359 e. The van der Waals surface area contributed by atoms with Gasteiger partial charge in [0.1, 0.15) is 5.82 Å². The second-order valence-electron chi connectivity index (χ2n) is 8.44. The SMILES string of the molecule is Cc1ccnc(SCc2nc3cc(NC(=S)N[C@H]4C[C@@H]5CC[C@H]4C5)ccc3n2C)n1. The Balaban J connectivity index is 1.25. The van der Waals surface area contributed by atoms with E-state index in [1.807, 2.05) is 13.0 Å². The third kappa shape index (κ3) is 4.03. The number of thiocarbonyl (C=S) groups is 1. The van der Waals surface area contributed by atoms with Gasteiger partial charge < -0.3 is 15.2 Å². The topological polar surface area (TPSA) is 67.7 Å². The summed E-state index contributed by atoms with van der Waals surface area (Å²) in [6.07, 6.45) is 7.17. The van der Waals surface area contributed by atoms with Gasteiger partial charge in [-0.1, -0.05) is 18.2 Å². The number of hydrogen-bond donors (Lipinski definition) is 2. The van der Waals surface area contributed by atoms with Crippen LogP contribution in [0.2, 0.25) is 0 Å². The molecule has 2 aliphatic rings. The number of imidazole rings is 1. The van der Waals surface area contributed by atoms with Crippen molar-refractivity contribution < 1.29 is 0 Å². The summed E-state index contributed by atoms with van der Waals surface area (Å²) in [4.78, 5) is 13.6. The predicted molar refractivity (Wildman–Crippen MR) is 126 cm³/mol. The van der Waals surface area contributed by atoms with Gasteiger partial charge in [0.25, 0.3) is 0 Å². The first kappa shape index (κ1) is 19.8. The minimum atomic E-state index is 0.537. The minimum absolute atomic E-state index is 0.537. The number of aromatic nitrogens is 4. The molecule has 0 amide bonds. The van der Waals surface area contributed by atoms with Crippen LogP contribution in [0.1, 0.15) is 37.2 Å². The molecule has 2 N–H and O–H groups in total. The summed E-state index contributed by atoms with van der Waals surface area (Å²) in [6, 6.07) is 8.68. The highest BCUT2D eigenvalue weighted by molar-refractivity contribution is 7.98. The van der Waals surface area contributed by atoms with E-state index in [2.05, 4.69) is 50.4 Å². The van der Waals surface area contributed by atoms with Crippen molar-refractivity contribution in [2.24, 2.45) is 18.9 Å². The van der Waals surface area contributed by atoms with Gasteiger partial charge in [-0.15, -0.1) is 0 Å². The fourth-order valence-corrected chi connectivity index (χ4v) is 5.97. The molecule has 30 heavy (non-hydrogen) atoms. The number of rotatable bonds is 5. The molecule has 2 bridgehead atoms. The lowest BCUT2D eigenvalue weighted by atomic mass is 9.96. The van der Waals surface area contributed by atoms with Crippen LogP contribution < -0.4 is 10.6 Å². The summed E-state index contributed by atoms with van der Waals surface area (Å²) in [5.41, 5.74) is 4.02. The van der Waals surface area contributed by atoms with Gasteiger partial charge in [0.15, 0.2) is 10.3 Å². The van der Waals surface area contributed by atoms with Crippen molar-refractivity contribution in [2.75, 3.05) is 5.32 Å². The van der Waals surface area contributed by atoms with Crippen molar-refractivity contribution in [2.45, 2.75) is 49.6 Å². The fraction of sp³-hybridized carbons (Fsp3) is 0.455. The molecule has 0 spiro atoms. The van der Waals surface area contributed by atoms with Crippen LogP contribution in [0.3, 0.4) is 0 Å². The summed E-state index contributed by atoms with van der Waals surface area (Å²) in [6.45, 7) is 1.98. The number of hydrogen-bond acceptors (Lipinski definition) is 5. The van der Waals surface area contributed by atoms with Crippen LogP contribution >= 0.6 is 24.0 Å². The highest BCUT2D eigenvalue weighted by Gasteiger charge is 2.39. The molecule has 0 saturated heterocycles. The Morgan fingerprint density at radius 3 is 2.90 bits per heavy atom. The lowest BCUT2D eigenvalue weighted by molar-refractivity contribution is 0.392. The molecule has 2 aromatic heterocycles. The summed E-state index contributed by atoms with van der Waals surface area (Å²) >= 11 is 7.19. The Kier molecular flexibility index (Phi) is 5.37. The lowest BCUT2D eigenvalue weighted by Gasteiger charge is -2.24. The molecule has 0 radical (unpaired) electrons. The minimum Gasteiger partial charge on any atom is -0.359 e. The standard InChI is InChI=1S/C22H26N6S2/c1-13-7-8-23-22(24-13)30-12-20-26-18-11-16(5-6-19(18)28(20)2)25-21(29)27-17-10-14-3-4-15(17)9-14/h5-8,11,14-15,17H,3-4,9-10,12H2,1-2H3,(H2,25,27,29)/t14-,15+,17+/m1/s1. The van der Waals surface area contributed by atoms with Gasteiger partial charge in [-0.05, 0) is 74.5 Å². The first-order chi connectivity index (χ1) is 14.5. The molecule has 2 fully saturated rings. The van der Waals surface area contributed by atoms with Gasteiger partial charge in [-0.25, -0.2) is 15.0 Å². The zero-order valence-electron chi connectivity index (χ0n) is 17.3. The summed E-state index contributed by atoms with van der Waals surface area (Å²) in [5.74, 6) is 3.42. The summed E-state index contributed by atoms with van der Waals surface area (Å²) in [7, 11) is 2.05. The highest BCUT2D eigenvalue weighted by Crippen LogP contribution is 2.44. The normalized spacial score (nSPS) is 22.5. The van der Waals surface area contributed by atoms with Crippen molar-refractivity contribution in [1.29, 1.82) is 0 Å². The Labute approximate surface area is 186 Å². The quantitative estimate of drug-likeness (QED) is 0.347. The van der Waals surface area contributed by atoms with Crippen LogP contribution in [-0.2, 0) is 12.8 Å².